The van der Waals surface area contributed by atoms with E-state index >= 15 is 0 Å². The van der Waals surface area contributed by atoms with Crippen molar-refractivity contribution < 1.29 is 9.53 Å². The fourth-order valence-electron chi connectivity index (χ4n) is 2.69. The SMILES string of the molecule is CCOC(=O)c1ccc2nc(Nc3nc4ccc(Cl)cc4s3)n(C)c2c1. The molecule has 2 aromatic heterocycles. The van der Waals surface area contributed by atoms with Crippen LogP contribution in [0.15, 0.2) is 36.4 Å². The van der Waals surface area contributed by atoms with Crippen LogP contribution in [-0.4, -0.2) is 27.1 Å². The predicted molar refractivity (Wildman–Crippen MR) is 105 cm³/mol. The number of imidazole rings is 1. The molecule has 1 N–H and O–H groups in total. The first kappa shape index (κ1) is 16.8. The third kappa shape index (κ3) is 3.00. The molecule has 0 radical (unpaired) electrons. The van der Waals surface area contributed by atoms with Gasteiger partial charge in [-0.2, -0.15) is 0 Å². The van der Waals surface area contributed by atoms with Crippen molar-refractivity contribution in [3.63, 3.8) is 0 Å². The van der Waals surface area contributed by atoms with E-state index in [1.807, 2.05) is 35.9 Å². The average molecular weight is 387 g/mol. The van der Waals surface area contributed by atoms with Crippen molar-refractivity contribution in [3.8, 4) is 0 Å². The molecule has 8 heteroatoms. The van der Waals surface area contributed by atoms with Crippen molar-refractivity contribution in [2.75, 3.05) is 11.9 Å². The van der Waals surface area contributed by atoms with Gasteiger partial charge in [-0.15, -0.1) is 0 Å². The number of anilines is 2. The number of nitrogens with one attached hydrogen (secondary N) is 1. The first-order valence-corrected chi connectivity index (χ1v) is 9.21. The van der Waals surface area contributed by atoms with Gasteiger partial charge in [0.25, 0.3) is 0 Å². The minimum atomic E-state index is -0.340. The number of aromatic nitrogens is 3. The molecule has 0 bridgehead atoms. The minimum absolute atomic E-state index is 0.340. The Morgan fingerprint density at radius 2 is 2.04 bits per heavy atom. The highest BCUT2D eigenvalue weighted by Crippen LogP contribution is 2.31. The van der Waals surface area contributed by atoms with Gasteiger partial charge in [0.05, 0.1) is 33.4 Å². The van der Waals surface area contributed by atoms with Crippen LogP contribution in [0.1, 0.15) is 17.3 Å². The van der Waals surface area contributed by atoms with Gasteiger partial charge in [0, 0.05) is 12.1 Å². The molecule has 6 nitrogen and oxygen atoms in total. The van der Waals surface area contributed by atoms with Crippen molar-refractivity contribution >= 4 is 61.2 Å². The van der Waals surface area contributed by atoms with Crippen LogP contribution in [0.25, 0.3) is 21.3 Å². The molecule has 4 rings (SSSR count). The summed E-state index contributed by atoms with van der Waals surface area (Å²) in [6.45, 7) is 2.13. The number of esters is 1. The van der Waals surface area contributed by atoms with E-state index in [0.29, 0.717) is 23.1 Å². The summed E-state index contributed by atoms with van der Waals surface area (Å²) in [6, 6.07) is 10.9. The lowest BCUT2D eigenvalue weighted by Crippen LogP contribution is -2.04. The molecule has 0 amide bonds. The monoisotopic (exact) mass is 386 g/mol. The Balaban J connectivity index is 1.69. The van der Waals surface area contributed by atoms with Crippen molar-refractivity contribution in [3.05, 3.63) is 47.0 Å². The Bertz CT molecular complexity index is 1140. The van der Waals surface area contributed by atoms with Crippen LogP contribution >= 0.6 is 22.9 Å². The zero-order valence-electron chi connectivity index (χ0n) is 14.1. The van der Waals surface area contributed by atoms with Crippen molar-refractivity contribution in [1.29, 1.82) is 0 Å². The third-order valence-corrected chi connectivity index (χ3v) is 5.13. The summed E-state index contributed by atoms with van der Waals surface area (Å²) >= 11 is 7.54. The Kier molecular flexibility index (Phi) is 4.26. The van der Waals surface area contributed by atoms with E-state index in [4.69, 9.17) is 16.3 Å². The zero-order chi connectivity index (χ0) is 18.3. The summed E-state index contributed by atoms with van der Waals surface area (Å²) in [4.78, 5) is 21.1. The number of hydrogen-bond acceptors (Lipinski definition) is 6. The number of aryl methyl sites for hydroxylation is 1. The van der Waals surface area contributed by atoms with Gasteiger partial charge in [-0.05, 0) is 43.3 Å². The highest BCUT2D eigenvalue weighted by Gasteiger charge is 2.14. The quantitative estimate of drug-likeness (QED) is 0.512. The maximum Gasteiger partial charge on any atom is 0.338 e. The number of benzene rings is 2. The van der Waals surface area contributed by atoms with Crippen LogP contribution in [0.2, 0.25) is 5.02 Å². The van der Waals surface area contributed by atoms with E-state index in [0.717, 1.165) is 26.4 Å². The molecule has 0 aliphatic rings. The largest absolute Gasteiger partial charge is 0.462 e. The number of fused-ring (bicyclic) bond motifs is 2. The van der Waals surface area contributed by atoms with Gasteiger partial charge in [0.2, 0.25) is 5.95 Å². The maximum atomic E-state index is 11.9. The van der Waals surface area contributed by atoms with Crippen LogP contribution in [-0.2, 0) is 11.8 Å². The van der Waals surface area contributed by atoms with E-state index in [9.17, 15) is 4.79 Å². The fraction of sp³-hybridized carbons (Fsp3) is 0.167. The molecule has 0 spiro atoms. The topological polar surface area (TPSA) is 69.0 Å². The van der Waals surface area contributed by atoms with Crippen LogP contribution in [0.4, 0.5) is 11.1 Å². The van der Waals surface area contributed by atoms with E-state index in [1.165, 1.54) is 11.3 Å². The molecule has 4 aromatic rings. The highest BCUT2D eigenvalue weighted by molar-refractivity contribution is 7.22. The lowest BCUT2D eigenvalue weighted by molar-refractivity contribution is 0.0526. The van der Waals surface area contributed by atoms with Gasteiger partial charge in [-0.3, -0.25) is 0 Å². The Hall–Kier alpha value is -2.64. The van der Waals surface area contributed by atoms with Gasteiger partial charge in [-0.1, -0.05) is 22.9 Å². The number of rotatable bonds is 4. The number of halogens is 1. The molecular formula is C18H15ClN4O2S. The molecule has 26 heavy (non-hydrogen) atoms. The van der Waals surface area contributed by atoms with E-state index in [-0.39, 0.29) is 5.97 Å². The summed E-state index contributed by atoms with van der Waals surface area (Å²) in [6.07, 6.45) is 0. The second kappa shape index (κ2) is 6.59. The van der Waals surface area contributed by atoms with Gasteiger partial charge >= 0.3 is 5.97 Å². The summed E-state index contributed by atoms with van der Waals surface area (Å²) in [5, 5.41) is 4.65. The third-order valence-electron chi connectivity index (χ3n) is 3.96. The van der Waals surface area contributed by atoms with E-state index < -0.39 is 0 Å². The maximum absolute atomic E-state index is 11.9. The second-order valence-corrected chi connectivity index (χ2v) is 7.14. The average Bonchev–Trinajstić information content (AvgIpc) is 3.15. The summed E-state index contributed by atoms with van der Waals surface area (Å²) in [7, 11) is 1.89. The summed E-state index contributed by atoms with van der Waals surface area (Å²) < 4.78 is 7.95. The molecule has 132 valence electrons. The normalized spacial score (nSPS) is 11.2. The Morgan fingerprint density at radius 3 is 2.85 bits per heavy atom. The number of thiazole rings is 1. The van der Waals surface area contributed by atoms with Gasteiger partial charge < -0.3 is 14.6 Å². The summed E-state index contributed by atoms with van der Waals surface area (Å²) in [5.41, 5.74) is 3.00. The van der Waals surface area contributed by atoms with Gasteiger partial charge in [0.15, 0.2) is 5.13 Å². The fourth-order valence-corrected chi connectivity index (χ4v) is 3.83. The first-order chi connectivity index (χ1) is 12.5. The molecular weight excluding hydrogens is 372 g/mol. The van der Waals surface area contributed by atoms with Crippen molar-refractivity contribution in [1.82, 2.24) is 14.5 Å². The number of carbonyl (C=O) groups excluding carboxylic acids is 1. The second-order valence-electron chi connectivity index (χ2n) is 5.67. The van der Waals surface area contributed by atoms with Gasteiger partial charge in [-0.25, -0.2) is 14.8 Å². The lowest BCUT2D eigenvalue weighted by Gasteiger charge is -2.04. The van der Waals surface area contributed by atoms with Gasteiger partial charge in [0.1, 0.15) is 0 Å². The first-order valence-electron chi connectivity index (χ1n) is 8.02. The molecule has 2 heterocycles. The standard InChI is InChI=1S/C18H15ClN4O2S/c1-3-25-16(24)10-4-6-12-14(8-10)23(2)17(20-12)22-18-21-13-7-5-11(19)9-15(13)26-18/h4-9H,3H2,1-2H3,(H,20,21,22). The molecule has 0 aliphatic carbocycles. The Labute approximate surface area is 158 Å². The van der Waals surface area contributed by atoms with Crippen LogP contribution in [0.3, 0.4) is 0 Å². The Morgan fingerprint density at radius 1 is 1.23 bits per heavy atom. The van der Waals surface area contributed by atoms with E-state index in [1.54, 1.807) is 19.1 Å². The molecule has 0 unspecified atom stereocenters. The molecule has 0 atom stereocenters. The molecule has 0 saturated heterocycles. The number of hydrogen-bond donors (Lipinski definition) is 1. The van der Waals surface area contributed by atoms with Crippen LogP contribution in [0, 0.1) is 0 Å². The van der Waals surface area contributed by atoms with Crippen LogP contribution < -0.4 is 5.32 Å². The van der Waals surface area contributed by atoms with E-state index in [2.05, 4.69) is 15.3 Å². The number of carbonyl (C=O) groups is 1. The highest BCUT2D eigenvalue weighted by atomic mass is 35.5. The van der Waals surface area contributed by atoms with Crippen molar-refractivity contribution in [2.45, 2.75) is 6.92 Å². The van der Waals surface area contributed by atoms with Crippen molar-refractivity contribution in [2.24, 2.45) is 7.05 Å². The molecule has 0 aliphatic heterocycles. The molecule has 2 aromatic carbocycles. The zero-order valence-corrected chi connectivity index (χ0v) is 15.7. The molecule has 0 fully saturated rings. The smallest absolute Gasteiger partial charge is 0.338 e. The predicted octanol–water partition coefficient (Wildman–Crippen LogP) is 4.76. The lowest BCUT2D eigenvalue weighted by atomic mass is 10.2. The number of nitrogens with zero attached hydrogens (tertiary/aromatic N) is 3. The molecule has 0 saturated carbocycles. The minimum Gasteiger partial charge on any atom is -0.462 e. The summed E-state index contributed by atoms with van der Waals surface area (Å²) in [5.74, 6) is 0.305. The van der Waals surface area contributed by atoms with Crippen LogP contribution in [0.5, 0.6) is 0 Å². The number of ether oxygens (including phenoxy) is 1.